The second-order valence-electron chi connectivity index (χ2n) is 12.5. The molecule has 0 fully saturated rings. The van der Waals surface area contributed by atoms with Crippen LogP contribution in [0.1, 0.15) is 155 Å². The number of carbonyl (C=O) groups is 1. The first-order chi connectivity index (χ1) is 22.8. The van der Waals surface area contributed by atoms with Crippen molar-refractivity contribution in [3.8, 4) is 0 Å². The number of unbranched alkanes of at least 4 members (excludes halogenated alkanes) is 14. The average molecular weight is 676 g/mol. The van der Waals surface area contributed by atoms with Crippen LogP contribution in [-0.2, 0) is 14.9 Å². The number of amides is 1. The van der Waals surface area contributed by atoms with Gasteiger partial charge in [-0.1, -0.05) is 151 Å². The van der Waals surface area contributed by atoms with E-state index < -0.39 is 28.0 Å². The minimum absolute atomic E-state index is 0.268. The lowest BCUT2D eigenvalue weighted by atomic mass is 10.1. The molecule has 0 rings (SSSR count). The van der Waals surface area contributed by atoms with E-state index in [-0.39, 0.29) is 12.3 Å². The number of allylic oxidation sites excluding steroid dienone is 11. The molecule has 0 saturated heterocycles. The molecule has 0 radical (unpaired) electrons. The van der Waals surface area contributed by atoms with Crippen LogP contribution in [0.15, 0.2) is 72.9 Å². The highest BCUT2D eigenvalue weighted by Crippen LogP contribution is 2.11. The third-order valence-corrected chi connectivity index (χ3v) is 8.65. The van der Waals surface area contributed by atoms with Crippen LogP contribution >= 0.6 is 0 Å². The molecule has 0 aliphatic carbocycles. The summed E-state index contributed by atoms with van der Waals surface area (Å²) in [4.78, 5) is 12.5. The van der Waals surface area contributed by atoms with Gasteiger partial charge in [0, 0.05) is 6.42 Å². The molecule has 47 heavy (non-hydrogen) atoms. The lowest BCUT2D eigenvalue weighted by Gasteiger charge is -2.21. The van der Waals surface area contributed by atoms with E-state index >= 15 is 0 Å². The minimum atomic E-state index is -4.36. The molecular formula is C40H69NO5S. The van der Waals surface area contributed by atoms with E-state index in [1.807, 2.05) is 0 Å². The van der Waals surface area contributed by atoms with Crippen molar-refractivity contribution in [3.05, 3.63) is 72.9 Å². The Kier molecular flexibility index (Phi) is 32.1. The zero-order valence-corrected chi connectivity index (χ0v) is 30.7. The summed E-state index contributed by atoms with van der Waals surface area (Å²) in [5.74, 6) is -1.03. The predicted octanol–water partition coefficient (Wildman–Crippen LogP) is 10.7. The van der Waals surface area contributed by atoms with Gasteiger partial charge < -0.3 is 10.4 Å². The predicted molar refractivity (Wildman–Crippen MR) is 202 cm³/mol. The third-order valence-electron chi connectivity index (χ3n) is 7.87. The largest absolute Gasteiger partial charge is 0.387 e. The molecule has 270 valence electrons. The van der Waals surface area contributed by atoms with Gasteiger partial charge in [-0.15, -0.1) is 0 Å². The highest BCUT2D eigenvalue weighted by molar-refractivity contribution is 7.85. The molecule has 2 unspecified atom stereocenters. The van der Waals surface area contributed by atoms with Crippen molar-refractivity contribution in [2.45, 2.75) is 167 Å². The average Bonchev–Trinajstić information content (AvgIpc) is 3.03. The first-order valence-electron chi connectivity index (χ1n) is 18.6. The van der Waals surface area contributed by atoms with E-state index in [0.717, 1.165) is 77.0 Å². The van der Waals surface area contributed by atoms with Crippen LogP contribution in [0.5, 0.6) is 0 Å². The Morgan fingerprint density at radius 1 is 0.596 bits per heavy atom. The summed E-state index contributed by atoms with van der Waals surface area (Å²) in [5.41, 5.74) is 0. The van der Waals surface area contributed by atoms with Crippen molar-refractivity contribution in [1.82, 2.24) is 5.32 Å². The van der Waals surface area contributed by atoms with E-state index in [0.29, 0.717) is 12.8 Å². The monoisotopic (exact) mass is 675 g/mol. The second-order valence-corrected chi connectivity index (χ2v) is 14.0. The molecule has 1 amide bonds. The van der Waals surface area contributed by atoms with Gasteiger partial charge in [-0.25, -0.2) is 0 Å². The Labute approximate surface area is 289 Å². The van der Waals surface area contributed by atoms with Gasteiger partial charge in [0.25, 0.3) is 10.1 Å². The number of hydrogen-bond donors (Lipinski definition) is 3. The minimum Gasteiger partial charge on any atom is -0.387 e. The molecule has 3 N–H and O–H groups in total. The maximum atomic E-state index is 12.5. The van der Waals surface area contributed by atoms with Crippen molar-refractivity contribution in [1.29, 1.82) is 0 Å². The Morgan fingerprint density at radius 3 is 1.60 bits per heavy atom. The van der Waals surface area contributed by atoms with Gasteiger partial charge in [-0.2, -0.15) is 8.42 Å². The smallest absolute Gasteiger partial charge is 0.267 e. The Hall–Kier alpha value is -2.22. The molecule has 0 aromatic heterocycles. The van der Waals surface area contributed by atoms with Crippen molar-refractivity contribution < 1.29 is 22.9 Å². The van der Waals surface area contributed by atoms with Crippen molar-refractivity contribution >= 4 is 16.0 Å². The van der Waals surface area contributed by atoms with E-state index in [4.69, 9.17) is 0 Å². The highest BCUT2D eigenvalue weighted by Gasteiger charge is 2.24. The topological polar surface area (TPSA) is 104 Å². The third kappa shape index (κ3) is 34.9. The van der Waals surface area contributed by atoms with E-state index in [2.05, 4.69) is 79.9 Å². The number of aliphatic hydroxyl groups is 1. The molecule has 0 aliphatic rings. The van der Waals surface area contributed by atoms with Crippen LogP contribution in [0.3, 0.4) is 0 Å². The summed E-state index contributed by atoms with van der Waals surface area (Å²) < 4.78 is 32.4. The first-order valence-corrected chi connectivity index (χ1v) is 20.2. The number of hydrogen-bond acceptors (Lipinski definition) is 4. The fourth-order valence-corrected chi connectivity index (χ4v) is 5.84. The van der Waals surface area contributed by atoms with E-state index in [9.17, 15) is 22.9 Å². The van der Waals surface area contributed by atoms with E-state index in [1.165, 1.54) is 51.0 Å². The van der Waals surface area contributed by atoms with Crippen molar-refractivity contribution in [2.75, 3.05) is 5.75 Å². The molecule has 0 bridgehead atoms. The van der Waals surface area contributed by atoms with Crippen LogP contribution in [0.4, 0.5) is 0 Å². The molecule has 6 nitrogen and oxygen atoms in total. The molecule has 2 atom stereocenters. The summed E-state index contributed by atoms with van der Waals surface area (Å²) in [6.07, 6.45) is 47.4. The number of carbonyl (C=O) groups excluding carboxylic acids is 1. The molecule has 0 aliphatic heterocycles. The number of nitrogens with one attached hydrogen (secondary N) is 1. The highest BCUT2D eigenvalue weighted by atomic mass is 32.2. The number of rotatable bonds is 32. The fraction of sp³-hybridized carbons (Fsp3) is 0.675. The zero-order valence-electron chi connectivity index (χ0n) is 29.9. The zero-order chi connectivity index (χ0) is 34.7. The lowest BCUT2D eigenvalue weighted by molar-refractivity contribution is -0.122. The van der Waals surface area contributed by atoms with Gasteiger partial charge in [-0.3, -0.25) is 9.35 Å². The van der Waals surface area contributed by atoms with Crippen molar-refractivity contribution in [2.24, 2.45) is 0 Å². The second kappa shape index (κ2) is 33.7. The van der Waals surface area contributed by atoms with Gasteiger partial charge in [0.15, 0.2) is 0 Å². The molecule has 0 heterocycles. The summed E-state index contributed by atoms with van der Waals surface area (Å²) in [5, 5.41) is 13.1. The van der Waals surface area contributed by atoms with Gasteiger partial charge in [0.1, 0.15) is 0 Å². The van der Waals surface area contributed by atoms with Gasteiger partial charge in [0.05, 0.1) is 17.9 Å². The van der Waals surface area contributed by atoms with Crippen LogP contribution in [0.25, 0.3) is 0 Å². The van der Waals surface area contributed by atoms with Gasteiger partial charge in [-0.05, 0) is 70.6 Å². The maximum absolute atomic E-state index is 12.5. The van der Waals surface area contributed by atoms with E-state index in [1.54, 1.807) is 6.08 Å². The van der Waals surface area contributed by atoms with Crippen molar-refractivity contribution in [3.63, 3.8) is 0 Å². The summed E-state index contributed by atoms with van der Waals surface area (Å²) in [7, 11) is -4.36. The molecule has 7 heteroatoms. The summed E-state index contributed by atoms with van der Waals surface area (Å²) >= 11 is 0. The SMILES string of the molecule is CC/C=C\C/C=C\C/C=C\C/C=C\CCCCCCCCC(=O)NC(CS(=O)(=O)O)C(O)/C=C/CC/C=C/CCCCCCCCC. The molecule has 0 aromatic carbocycles. The summed E-state index contributed by atoms with van der Waals surface area (Å²) in [6, 6.07) is -1.08. The molecule has 0 saturated carbocycles. The lowest BCUT2D eigenvalue weighted by Crippen LogP contribution is -2.46. The van der Waals surface area contributed by atoms with Gasteiger partial charge >= 0.3 is 0 Å². The van der Waals surface area contributed by atoms with Crippen LogP contribution in [-0.4, -0.2) is 41.9 Å². The Morgan fingerprint density at radius 2 is 1.04 bits per heavy atom. The summed E-state index contributed by atoms with van der Waals surface area (Å²) in [6.45, 7) is 4.38. The first kappa shape index (κ1) is 44.8. The van der Waals surface area contributed by atoms with Crippen LogP contribution < -0.4 is 5.32 Å². The van der Waals surface area contributed by atoms with Gasteiger partial charge in [0.2, 0.25) is 5.91 Å². The number of aliphatic hydroxyl groups excluding tert-OH is 1. The standard InChI is InChI=1S/C40H69NO5S/c1-3-5-7-9-11-13-15-17-18-19-20-21-22-24-26-28-30-32-34-36-40(43)41-38(37-47(44,45)46)39(42)35-33-31-29-27-25-23-16-14-12-10-8-6-4-2/h5,7,11,13,17-18,20-21,25,27,33,35,38-39,42H,3-4,6,8-10,12,14-16,19,22-24,26,28-32,34,36-37H2,1-2H3,(H,41,43)(H,44,45,46)/b7-5-,13-11-,18-17-,21-20-,27-25+,35-33+. The molecule has 0 spiro atoms. The maximum Gasteiger partial charge on any atom is 0.267 e. The molecule has 0 aromatic rings. The quantitative estimate of drug-likeness (QED) is 0.0374. The Balaban J connectivity index is 4.06. The Bertz CT molecular complexity index is 1010. The van der Waals surface area contributed by atoms with Crippen LogP contribution in [0.2, 0.25) is 0 Å². The normalized spacial score (nSPS) is 14.2. The fourth-order valence-electron chi connectivity index (χ4n) is 5.10. The van der Waals surface area contributed by atoms with Crippen LogP contribution in [0, 0.1) is 0 Å². The molecular weight excluding hydrogens is 607 g/mol.